The summed E-state index contributed by atoms with van der Waals surface area (Å²) < 4.78 is 5.66. The lowest BCUT2D eigenvalue weighted by molar-refractivity contribution is -0.136. The molecule has 2 aliphatic heterocycles. The van der Waals surface area contributed by atoms with Crippen LogP contribution in [0.5, 0.6) is 5.75 Å². The number of carbonyl (C=O) groups excluding carboxylic acids is 2. The number of nitrogens with zero attached hydrogens (tertiary/aromatic N) is 2. The smallest absolute Gasteiger partial charge is 0.226 e. The van der Waals surface area contributed by atoms with E-state index in [-0.39, 0.29) is 23.8 Å². The number of amides is 2. The Labute approximate surface area is 192 Å². The van der Waals surface area contributed by atoms with Gasteiger partial charge in [0.05, 0.1) is 18.9 Å². The summed E-state index contributed by atoms with van der Waals surface area (Å²) >= 11 is 0. The van der Waals surface area contributed by atoms with Gasteiger partial charge in [-0.25, -0.2) is 0 Å². The van der Waals surface area contributed by atoms with Gasteiger partial charge >= 0.3 is 0 Å². The number of para-hydroxylation sites is 1. The Morgan fingerprint density at radius 3 is 2.44 bits per heavy atom. The number of hydrogen-bond acceptors (Lipinski definition) is 4. The Morgan fingerprint density at radius 1 is 0.938 bits per heavy atom. The van der Waals surface area contributed by atoms with Crippen molar-refractivity contribution in [2.45, 2.75) is 63.8 Å². The minimum atomic E-state index is -0.0840. The molecule has 3 fully saturated rings. The third-order valence-electron chi connectivity index (χ3n) is 7.40. The third-order valence-corrected chi connectivity index (χ3v) is 7.40. The van der Waals surface area contributed by atoms with Crippen LogP contribution in [0.3, 0.4) is 0 Å². The maximum absolute atomic E-state index is 12.9. The van der Waals surface area contributed by atoms with Crippen LogP contribution >= 0.6 is 0 Å². The highest BCUT2D eigenvalue weighted by Crippen LogP contribution is 2.26. The quantitative estimate of drug-likeness (QED) is 0.671. The molecule has 0 radical (unpaired) electrons. The largest absolute Gasteiger partial charge is 0.493 e. The first-order valence-electron chi connectivity index (χ1n) is 12.7. The van der Waals surface area contributed by atoms with Gasteiger partial charge in [0.25, 0.3) is 0 Å². The first kappa shape index (κ1) is 23.1. The molecule has 1 aromatic rings. The van der Waals surface area contributed by atoms with E-state index < -0.39 is 0 Å². The highest BCUT2D eigenvalue weighted by atomic mass is 16.5. The highest BCUT2D eigenvalue weighted by Gasteiger charge is 2.30. The van der Waals surface area contributed by atoms with Crippen LogP contribution in [0.25, 0.3) is 0 Å². The topological polar surface area (TPSA) is 61.9 Å². The van der Waals surface area contributed by atoms with Crippen LogP contribution in [-0.4, -0.2) is 67.0 Å². The van der Waals surface area contributed by atoms with Crippen molar-refractivity contribution in [3.8, 4) is 5.75 Å². The van der Waals surface area contributed by atoms with E-state index in [1.165, 1.54) is 32.2 Å². The number of likely N-dealkylation sites (tertiary alicyclic amines) is 2. The van der Waals surface area contributed by atoms with Gasteiger partial charge in [0.1, 0.15) is 5.75 Å². The molecule has 3 aliphatic rings. The van der Waals surface area contributed by atoms with Crippen molar-refractivity contribution in [2.24, 2.45) is 11.8 Å². The van der Waals surface area contributed by atoms with Gasteiger partial charge in [-0.1, -0.05) is 31.0 Å². The molecule has 32 heavy (non-hydrogen) atoms. The van der Waals surface area contributed by atoms with Gasteiger partial charge in [-0.05, 0) is 56.6 Å². The minimum absolute atomic E-state index is 0.0821. The SMILES string of the molecule is O=C(NC1CCN(CC2CCCC2)CC1)C1CCCN(C(=O)CCOc2ccccc2)C1. The van der Waals surface area contributed by atoms with Gasteiger partial charge in [-0.15, -0.1) is 0 Å². The van der Waals surface area contributed by atoms with Gasteiger partial charge < -0.3 is 19.9 Å². The Balaban J connectivity index is 1.15. The Bertz CT molecular complexity index is 727. The molecule has 2 saturated heterocycles. The van der Waals surface area contributed by atoms with Crippen LogP contribution in [0.15, 0.2) is 30.3 Å². The summed E-state index contributed by atoms with van der Waals surface area (Å²) in [5, 5.41) is 3.30. The van der Waals surface area contributed by atoms with E-state index in [1.807, 2.05) is 35.2 Å². The first-order valence-corrected chi connectivity index (χ1v) is 12.7. The van der Waals surface area contributed by atoms with E-state index in [9.17, 15) is 9.59 Å². The maximum Gasteiger partial charge on any atom is 0.226 e. The Hall–Kier alpha value is -2.08. The van der Waals surface area contributed by atoms with Crippen molar-refractivity contribution in [2.75, 3.05) is 39.3 Å². The van der Waals surface area contributed by atoms with Crippen molar-refractivity contribution < 1.29 is 14.3 Å². The van der Waals surface area contributed by atoms with E-state index in [1.54, 1.807) is 0 Å². The lowest BCUT2D eigenvalue weighted by atomic mass is 9.95. The Morgan fingerprint density at radius 2 is 1.69 bits per heavy atom. The molecular weight excluding hydrogens is 402 g/mol. The number of ether oxygens (including phenoxy) is 1. The van der Waals surface area contributed by atoms with Crippen LogP contribution in [-0.2, 0) is 9.59 Å². The number of hydrogen-bond donors (Lipinski definition) is 1. The molecule has 1 aliphatic carbocycles. The number of benzene rings is 1. The lowest BCUT2D eigenvalue weighted by Gasteiger charge is -2.36. The average Bonchev–Trinajstić information content (AvgIpc) is 3.34. The molecule has 1 saturated carbocycles. The molecule has 1 N–H and O–H groups in total. The van der Waals surface area contributed by atoms with Gasteiger partial charge in [0, 0.05) is 38.8 Å². The van der Waals surface area contributed by atoms with Gasteiger partial charge in [-0.3, -0.25) is 9.59 Å². The number of rotatable bonds is 8. The van der Waals surface area contributed by atoms with Crippen molar-refractivity contribution in [3.63, 3.8) is 0 Å². The molecular formula is C26H39N3O3. The Kier molecular flexibility index (Phi) is 8.43. The van der Waals surface area contributed by atoms with Crippen molar-refractivity contribution in [3.05, 3.63) is 30.3 Å². The zero-order valence-electron chi connectivity index (χ0n) is 19.3. The second kappa shape index (κ2) is 11.7. The highest BCUT2D eigenvalue weighted by molar-refractivity contribution is 5.81. The normalized spacial score (nSPS) is 23.2. The zero-order chi connectivity index (χ0) is 22.2. The number of nitrogens with one attached hydrogen (secondary N) is 1. The van der Waals surface area contributed by atoms with Gasteiger partial charge in [0.15, 0.2) is 0 Å². The zero-order valence-corrected chi connectivity index (χ0v) is 19.3. The van der Waals surface area contributed by atoms with Gasteiger partial charge in [-0.2, -0.15) is 0 Å². The monoisotopic (exact) mass is 441 g/mol. The second-order valence-electron chi connectivity index (χ2n) is 9.82. The summed E-state index contributed by atoms with van der Waals surface area (Å²) in [6.07, 6.45) is 9.80. The fourth-order valence-electron chi connectivity index (χ4n) is 5.49. The van der Waals surface area contributed by atoms with Crippen molar-refractivity contribution >= 4 is 11.8 Å². The van der Waals surface area contributed by atoms with Crippen LogP contribution < -0.4 is 10.1 Å². The van der Waals surface area contributed by atoms with Crippen molar-refractivity contribution in [1.29, 1.82) is 0 Å². The molecule has 1 atom stereocenters. The predicted molar refractivity (Wildman–Crippen MR) is 125 cm³/mol. The van der Waals surface area contributed by atoms with E-state index in [4.69, 9.17) is 4.74 Å². The molecule has 0 bridgehead atoms. The third kappa shape index (κ3) is 6.71. The predicted octanol–water partition coefficient (Wildman–Crippen LogP) is 3.46. The molecule has 6 heteroatoms. The molecule has 0 aromatic heterocycles. The molecule has 4 rings (SSSR count). The first-order chi connectivity index (χ1) is 15.7. The standard InChI is InChI=1S/C26H39N3O3/c30-25(14-18-32-24-10-2-1-3-11-24)29-15-6-9-22(20-29)26(31)27-23-12-16-28(17-13-23)19-21-7-4-5-8-21/h1-3,10-11,21-23H,4-9,12-20H2,(H,27,31). The minimum Gasteiger partial charge on any atom is -0.493 e. The van der Waals surface area contributed by atoms with Gasteiger partial charge in [0.2, 0.25) is 11.8 Å². The second-order valence-corrected chi connectivity index (χ2v) is 9.82. The molecule has 6 nitrogen and oxygen atoms in total. The molecule has 0 spiro atoms. The molecule has 2 amide bonds. The molecule has 2 heterocycles. The van der Waals surface area contributed by atoms with Crippen molar-refractivity contribution in [1.82, 2.24) is 15.1 Å². The summed E-state index contributed by atoms with van der Waals surface area (Å²) in [6, 6.07) is 9.86. The summed E-state index contributed by atoms with van der Waals surface area (Å²) in [7, 11) is 0. The fourth-order valence-corrected chi connectivity index (χ4v) is 5.49. The van der Waals surface area contributed by atoms with Crippen LogP contribution in [0, 0.1) is 11.8 Å². The van der Waals surface area contributed by atoms with E-state index in [0.29, 0.717) is 19.6 Å². The van der Waals surface area contributed by atoms with E-state index in [2.05, 4.69) is 10.2 Å². The summed E-state index contributed by atoms with van der Waals surface area (Å²) in [5.74, 6) is 1.81. The number of piperidine rings is 2. The summed E-state index contributed by atoms with van der Waals surface area (Å²) in [5.41, 5.74) is 0. The average molecular weight is 442 g/mol. The summed E-state index contributed by atoms with van der Waals surface area (Å²) in [6.45, 7) is 5.09. The molecule has 1 unspecified atom stereocenters. The van der Waals surface area contributed by atoms with Crippen LogP contribution in [0.4, 0.5) is 0 Å². The van der Waals surface area contributed by atoms with Crippen LogP contribution in [0.2, 0.25) is 0 Å². The van der Waals surface area contributed by atoms with E-state index in [0.717, 1.165) is 57.0 Å². The van der Waals surface area contributed by atoms with E-state index >= 15 is 0 Å². The number of carbonyl (C=O) groups is 2. The maximum atomic E-state index is 12.9. The lowest BCUT2D eigenvalue weighted by Crippen LogP contribution is -2.50. The molecule has 176 valence electrons. The van der Waals surface area contributed by atoms with Crippen LogP contribution in [0.1, 0.15) is 57.8 Å². The summed E-state index contributed by atoms with van der Waals surface area (Å²) in [4.78, 5) is 30.0. The fraction of sp³-hybridized carbons (Fsp3) is 0.692. The molecule has 1 aromatic carbocycles.